The van der Waals surface area contributed by atoms with Crippen molar-refractivity contribution in [2.45, 2.75) is 38.6 Å². The molecule has 1 saturated carbocycles. The van der Waals surface area contributed by atoms with Gasteiger partial charge in [-0.15, -0.1) is 0 Å². The smallest absolute Gasteiger partial charge is 0.152 e. The van der Waals surface area contributed by atoms with E-state index in [1.807, 2.05) is 0 Å². The van der Waals surface area contributed by atoms with Crippen molar-refractivity contribution in [1.82, 2.24) is 0 Å². The molecule has 4 nitrogen and oxygen atoms in total. The molecule has 1 aliphatic carbocycles. The number of nitrogens with zero attached hydrogens (tertiary/aromatic N) is 1. The molecule has 1 aliphatic rings. The van der Waals surface area contributed by atoms with Gasteiger partial charge in [-0.05, 0) is 32.1 Å². The second-order valence-corrected chi connectivity index (χ2v) is 7.42. The molecule has 0 amide bonds. The van der Waals surface area contributed by atoms with E-state index in [2.05, 4.69) is 6.07 Å². The van der Waals surface area contributed by atoms with E-state index in [0.29, 0.717) is 6.42 Å². The molecule has 0 heterocycles. The summed E-state index contributed by atoms with van der Waals surface area (Å²) in [5.41, 5.74) is 4.75. The van der Waals surface area contributed by atoms with Crippen LogP contribution in [0.25, 0.3) is 0 Å². The van der Waals surface area contributed by atoms with Crippen LogP contribution in [-0.2, 0) is 9.84 Å². The monoisotopic (exact) mass is 230 g/mol. The summed E-state index contributed by atoms with van der Waals surface area (Å²) in [7, 11) is -3.13. The Labute approximate surface area is 91.4 Å². The third-order valence-corrected chi connectivity index (χ3v) is 4.77. The summed E-state index contributed by atoms with van der Waals surface area (Å²) in [6, 6.07) is 2.06. The summed E-state index contributed by atoms with van der Waals surface area (Å²) >= 11 is 0. The molecule has 0 bridgehead atoms. The highest BCUT2D eigenvalue weighted by molar-refractivity contribution is 7.91. The van der Waals surface area contributed by atoms with E-state index in [9.17, 15) is 8.42 Å². The number of sulfone groups is 1. The van der Waals surface area contributed by atoms with Gasteiger partial charge < -0.3 is 5.73 Å². The van der Waals surface area contributed by atoms with Crippen molar-refractivity contribution >= 4 is 9.84 Å². The van der Waals surface area contributed by atoms with Crippen molar-refractivity contribution in [3.05, 3.63) is 0 Å². The quantitative estimate of drug-likeness (QED) is 0.758. The van der Waals surface area contributed by atoms with Gasteiger partial charge in [-0.1, -0.05) is 0 Å². The molecule has 86 valence electrons. The zero-order valence-corrected chi connectivity index (χ0v) is 10.1. The summed E-state index contributed by atoms with van der Waals surface area (Å²) in [4.78, 5) is 0. The van der Waals surface area contributed by atoms with E-state index < -0.39 is 15.4 Å². The van der Waals surface area contributed by atoms with Gasteiger partial charge in [0.1, 0.15) is 0 Å². The van der Waals surface area contributed by atoms with Crippen molar-refractivity contribution < 1.29 is 8.42 Å². The SMILES string of the molecule is CC(C)(N)CS(=O)(=O)CC1(CC#N)CC1. The Hall–Kier alpha value is -0.600. The van der Waals surface area contributed by atoms with Gasteiger partial charge in [0.15, 0.2) is 9.84 Å². The summed E-state index contributed by atoms with van der Waals surface area (Å²) in [6.45, 7) is 3.41. The Bertz CT molecular complexity index is 369. The van der Waals surface area contributed by atoms with Gasteiger partial charge in [0.2, 0.25) is 0 Å². The predicted molar refractivity (Wildman–Crippen MR) is 58.8 cm³/mol. The third kappa shape index (κ3) is 4.18. The minimum Gasteiger partial charge on any atom is -0.325 e. The Morgan fingerprint density at radius 2 is 2.00 bits per heavy atom. The lowest BCUT2D eigenvalue weighted by Crippen LogP contribution is -2.41. The molecule has 0 aromatic heterocycles. The number of nitrogens with two attached hydrogens (primary N) is 1. The van der Waals surface area contributed by atoms with E-state index in [1.54, 1.807) is 13.8 Å². The van der Waals surface area contributed by atoms with Crippen LogP contribution in [0.1, 0.15) is 33.1 Å². The highest BCUT2D eigenvalue weighted by Crippen LogP contribution is 2.49. The van der Waals surface area contributed by atoms with E-state index in [1.165, 1.54) is 0 Å². The lowest BCUT2D eigenvalue weighted by atomic mass is 10.1. The van der Waals surface area contributed by atoms with E-state index in [-0.39, 0.29) is 16.9 Å². The van der Waals surface area contributed by atoms with Crippen LogP contribution in [0.5, 0.6) is 0 Å². The van der Waals surface area contributed by atoms with Gasteiger partial charge in [-0.2, -0.15) is 5.26 Å². The minimum atomic E-state index is -3.13. The molecule has 0 atom stereocenters. The maximum atomic E-state index is 11.8. The molecule has 5 heteroatoms. The first-order chi connectivity index (χ1) is 6.68. The van der Waals surface area contributed by atoms with E-state index >= 15 is 0 Å². The van der Waals surface area contributed by atoms with Crippen molar-refractivity contribution in [3.8, 4) is 6.07 Å². The fourth-order valence-electron chi connectivity index (χ4n) is 1.80. The molecule has 0 unspecified atom stereocenters. The Morgan fingerprint density at radius 1 is 1.47 bits per heavy atom. The Morgan fingerprint density at radius 3 is 2.33 bits per heavy atom. The largest absolute Gasteiger partial charge is 0.325 e. The number of nitriles is 1. The van der Waals surface area contributed by atoms with Gasteiger partial charge in [-0.3, -0.25) is 0 Å². The molecule has 1 rings (SSSR count). The van der Waals surface area contributed by atoms with Crippen LogP contribution in [0.4, 0.5) is 0 Å². The van der Waals surface area contributed by atoms with Crippen molar-refractivity contribution in [1.29, 1.82) is 5.26 Å². The number of rotatable bonds is 5. The summed E-state index contributed by atoms with van der Waals surface area (Å²) in [5, 5.41) is 8.60. The minimum absolute atomic E-state index is 0.00677. The average molecular weight is 230 g/mol. The lowest BCUT2D eigenvalue weighted by molar-refractivity contribution is 0.520. The fraction of sp³-hybridized carbons (Fsp3) is 0.900. The topological polar surface area (TPSA) is 84.0 Å². The third-order valence-electron chi connectivity index (χ3n) is 2.53. The molecule has 0 radical (unpaired) electrons. The van der Waals surface area contributed by atoms with Crippen LogP contribution in [-0.4, -0.2) is 25.5 Å². The van der Waals surface area contributed by atoms with Gasteiger partial charge >= 0.3 is 0 Å². The first-order valence-electron chi connectivity index (χ1n) is 5.04. The zero-order chi connectivity index (χ0) is 11.7. The molecule has 0 spiro atoms. The van der Waals surface area contributed by atoms with Gasteiger partial charge in [0, 0.05) is 12.0 Å². The molecular weight excluding hydrogens is 212 g/mol. The molecule has 0 aromatic carbocycles. The summed E-state index contributed by atoms with van der Waals surface area (Å²) in [6.07, 6.45) is 2.05. The second-order valence-electron chi connectivity index (χ2n) is 5.36. The normalized spacial score (nSPS) is 19.6. The second kappa shape index (κ2) is 3.76. The summed E-state index contributed by atoms with van der Waals surface area (Å²) in [5.74, 6) is 0.112. The first kappa shape index (κ1) is 12.5. The number of hydrogen-bond acceptors (Lipinski definition) is 4. The standard InChI is InChI=1S/C10H18N2O2S/c1-9(2,12)7-15(13,14)8-10(3-4-10)5-6-11/h3-5,7-8,12H2,1-2H3. The summed E-state index contributed by atoms with van der Waals surface area (Å²) < 4.78 is 23.6. The molecule has 0 aromatic rings. The van der Waals surface area contributed by atoms with Gasteiger partial charge in [-0.25, -0.2) is 8.42 Å². The van der Waals surface area contributed by atoms with Crippen LogP contribution >= 0.6 is 0 Å². The van der Waals surface area contributed by atoms with E-state index in [4.69, 9.17) is 11.0 Å². The van der Waals surface area contributed by atoms with Gasteiger partial charge in [0.25, 0.3) is 0 Å². The molecule has 15 heavy (non-hydrogen) atoms. The van der Waals surface area contributed by atoms with Crippen LogP contribution in [0.3, 0.4) is 0 Å². The maximum Gasteiger partial charge on any atom is 0.152 e. The highest BCUT2D eigenvalue weighted by Gasteiger charge is 2.46. The molecule has 0 saturated heterocycles. The fourth-order valence-corrected chi connectivity index (χ4v) is 4.36. The lowest BCUT2D eigenvalue weighted by Gasteiger charge is -2.20. The molecular formula is C10H18N2O2S. The molecule has 2 N–H and O–H groups in total. The first-order valence-corrected chi connectivity index (χ1v) is 6.87. The van der Waals surface area contributed by atoms with Crippen molar-refractivity contribution in [2.24, 2.45) is 11.1 Å². The highest BCUT2D eigenvalue weighted by atomic mass is 32.2. The van der Waals surface area contributed by atoms with Crippen LogP contribution in [0.2, 0.25) is 0 Å². The molecule has 0 aliphatic heterocycles. The Kier molecular flexibility index (Phi) is 3.13. The molecule has 1 fully saturated rings. The van der Waals surface area contributed by atoms with Crippen LogP contribution in [0.15, 0.2) is 0 Å². The predicted octanol–water partition coefficient (Wildman–Crippen LogP) is 0.832. The van der Waals surface area contributed by atoms with Crippen molar-refractivity contribution in [3.63, 3.8) is 0 Å². The van der Waals surface area contributed by atoms with Crippen LogP contribution in [0, 0.1) is 16.7 Å². The van der Waals surface area contributed by atoms with Crippen molar-refractivity contribution in [2.75, 3.05) is 11.5 Å². The zero-order valence-electron chi connectivity index (χ0n) is 9.28. The van der Waals surface area contributed by atoms with Gasteiger partial charge in [0.05, 0.1) is 17.6 Å². The Balaban J connectivity index is 2.62. The number of hydrogen-bond donors (Lipinski definition) is 1. The van der Waals surface area contributed by atoms with Crippen LogP contribution < -0.4 is 5.73 Å². The van der Waals surface area contributed by atoms with E-state index in [0.717, 1.165) is 12.8 Å². The average Bonchev–Trinajstić information content (AvgIpc) is 2.61. The maximum absolute atomic E-state index is 11.8.